The summed E-state index contributed by atoms with van der Waals surface area (Å²) in [5.74, 6) is 0.100. The van der Waals surface area contributed by atoms with Crippen molar-refractivity contribution in [3.63, 3.8) is 0 Å². The van der Waals surface area contributed by atoms with Crippen LogP contribution in [0.4, 0.5) is 0 Å². The molecule has 1 fully saturated rings. The fourth-order valence-electron chi connectivity index (χ4n) is 1.45. The molecular weight excluding hydrogens is 220 g/mol. The van der Waals surface area contributed by atoms with E-state index in [1.807, 2.05) is 4.90 Å². The van der Waals surface area contributed by atoms with Crippen molar-refractivity contribution < 1.29 is 4.79 Å². The van der Waals surface area contributed by atoms with Gasteiger partial charge in [-0.15, -0.1) is 11.3 Å². The number of nitrogens with one attached hydrogen (secondary N) is 1. The molecule has 1 aliphatic heterocycles. The van der Waals surface area contributed by atoms with Gasteiger partial charge in [0.1, 0.15) is 0 Å². The topological polar surface area (TPSA) is 32.3 Å². The molecule has 0 unspecified atom stereocenters. The number of rotatable bonds is 1. The van der Waals surface area contributed by atoms with Crippen molar-refractivity contribution >= 4 is 28.8 Å². The van der Waals surface area contributed by atoms with E-state index in [1.165, 1.54) is 11.3 Å². The summed E-state index contributed by atoms with van der Waals surface area (Å²) in [5.41, 5.74) is 0. The van der Waals surface area contributed by atoms with E-state index in [4.69, 9.17) is 11.6 Å². The number of hydrogen-bond acceptors (Lipinski definition) is 3. The van der Waals surface area contributed by atoms with Crippen LogP contribution in [0.5, 0.6) is 0 Å². The Morgan fingerprint density at radius 3 is 2.79 bits per heavy atom. The Labute approximate surface area is 91.7 Å². The SMILES string of the molecule is O=C(c1cc(Cl)cs1)N1CCNCC1. The normalized spacial score (nSPS) is 17.1. The summed E-state index contributed by atoms with van der Waals surface area (Å²) in [7, 11) is 0. The summed E-state index contributed by atoms with van der Waals surface area (Å²) in [5, 5.41) is 5.65. The number of carbonyl (C=O) groups is 1. The molecule has 2 rings (SSSR count). The van der Waals surface area contributed by atoms with Crippen LogP contribution in [-0.4, -0.2) is 37.0 Å². The predicted octanol–water partition coefficient (Wildman–Crippen LogP) is 1.45. The van der Waals surface area contributed by atoms with Crippen LogP contribution in [0, 0.1) is 0 Å². The van der Waals surface area contributed by atoms with E-state index in [0.717, 1.165) is 31.1 Å². The molecule has 1 aliphatic rings. The third-order valence-corrected chi connectivity index (χ3v) is 3.45. The monoisotopic (exact) mass is 230 g/mol. The standard InChI is InChI=1S/C9H11ClN2OS/c10-7-5-8(14-6-7)9(13)12-3-1-11-2-4-12/h5-6,11H,1-4H2. The molecule has 0 spiro atoms. The highest BCUT2D eigenvalue weighted by atomic mass is 35.5. The number of hydrogen-bond donors (Lipinski definition) is 1. The molecule has 0 atom stereocenters. The van der Waals surface area contributed by atoms with Crippen LogP contribution in [0.2, 0.25) is 5.02 Å². The van der Waals surface area contributed by atoms with Crippen molar-refractivity contribution in [1.29, 1.82) is 0 Å². The summed E-state index contributed by atoms with van der Waals surface area (Å²) < 4.78 is 0. The number of halogens is 1. The molecule has 0 bridgehead atoms. The Kier molecular flexibility index (Phi) is 3.05. The highest BCUT2D eigenvalue weighted by molar-refractivity contribution is 7.12. The number of amides is 1. The number of thiophene rings is 1. The van der Waals surface area contributed by atoms with Crippen LogP contribution >= 0.6 is 22.9 Å². The van der Waals surface area contributed by atoms with E-state index in [9.17, 15) is 4.79 Å². The fourth-order valence-corrected chi connectivity index (χ4v) is 2.49. The number of nitrogens with zero attached hydrogens (tertiary/aromatic N) is 1. The van der Waals surface area contributed by atoms with Gasteiger partial charge < -0.3 is 10.2 Å². The lowest BCUT2D eigenvalue weighted by Crippen LogP contribution is -2.46. The van der Waals surface area contributed by atoms with Crippen molar-refractivity contribution in [2.45, 2.75) is 0 Å². The van der Waals surface area contributed by atoms with Gasteiger partial charge in [-0.25, -0.2) is 0 Å². The molecule has 0 aliphatic carbocycles. The van der Waals surface area contributed by atoms with Gasteiger partial charge in [0.15, 0.2) is 0 Å². The Bertz CT molecular complexity index is 333. The largest absolute Gasteiger partial charge is 0.335 e. The van der Waals surface area contributed by atoms with Crippen LogP contribution in [0.15, 0.2) is 11.4 Å². The van der Waals surface area contributed by atoms with E-state index < -0.39 is 0 Å². The lowest BCUT2D eigenvalue weighted by atomic mass is 10.3. The minimum absolute atomic E-state index is 0.100. The van der Waals surface area contributed by atoms with Gasteiger partial charge >= 0.3 is 0 Å². The molecule has 1 N–H and O–H groups in total. The Morgan fingerprint density at radius 1 is 1.50 bits per heavy atom. The van der Waals surface area contributed by atoms with Gasteiger partial charge in [-0.05, 0) is 6.07 Å². The van der Waals surface area contributed by atoms with Gasteiger partial charge in [-0.1, -0.05) is 11.6 Å². The zero-order valence-electron chi connectivity index (χ0n) is 7.62. The van der Waals surface area contributed by atoms with Gasteiger partial charge in [0, 0.05) is 31.6 Å². The zero-order chi connectivity index (χ0) is 9.97. The van der Waals surface area contributed by atoms with Crippen LogP contribution in [0.25, 0.3) is 0 Å². The van der Waals surface area contributed by atoms with E-state index in [0.29, 0.717) is 5.02 Å². The molecule has 2 heterocycles. The molecular formula is C9H11ClN2OS. The summed E-state index contributed by atoms with van der Waals surface area (Å²) in [6, 6.07) is 1.73. The molecule has 1 aromatic heterocycles. The first-order valence-corrected chi connectivity index (χ1v) is 5.77. The third-order valence-electron chi connectivity index (χ3n) is 2.18. The van der Waals surface area contributed by atoms with Crippen LogP contribution < -0.4 is 5.32 Å². The molecule has 5 heteroatoms. The molecule has 0 saturated carbocycles. The average molecular weight is 231 g/mol. The van der Waals surface area contributed by atoms with Crippen LogP contribution in [0.1, 0.15) is 9.67 Å². The van der Waals surface area contributed by atoms with Crippen molar-refractivity contribution in [2.24, 2.45) is 0 Å². The highest BCUT2D eigenvalue weighted by Gasteiger charge is 2.18. The molecule has 3 nitrogen and oxygen atoms in total. The Hall–Kier alpha value is -0.580. The van der Waals surface area contributed by atoms with Gasteiger partial charge in [0.2, 0.25) is 0 Å². The number of carbonyl (C=O) groups excluding carboxylic acids is 1. The summed E-state index contributed by atoms with van der Waals surface area (Å²) in [4.78, 5) is 14.5. The second kappa shape index (κ2) is 4.29. The Morgan fingerprint density at radius 2 is 2.21 bits per heavy atom. The lowest BCUT2D eigenvalue weighted by Gasteiger charge is -2.26. The maximum atomic E-state index is 11.9. The van der Waals surface area contributed by atoms with E-state index >= 15 is 0 Å². The fraction of sp³-hybridized carbons (Fsp3) is 0.444. The minimum atomic E-state index is 0.100. The lowest BCUT2D eigenvalue weighted by molar-refractivity contribution is 0.0740. The van der Waals surface area contributed by atoms with Crippen molar-refractivity contribution in [1.82, 2.24) is 10.2 Å². The quantitative estimate of drug-likeness (QED) is 0.792. The predicted molar refractivity (Wildman–Crippen MR) is 58.1 cm³/mol. The van der Waals surface area contributed by atoms with Gasteiger partial charge in [0.05, 0.1) is 9.90 Å². The summed E-state index contributed by atoms with van der Waals surface area (Å²) in [6.07, 6.45) is 0. The first kappa shape index (κ1) is 9.96. The van der Waals surface area contributed by atoms with Crippen LogP contribution in [-0.2, 0) is 0 Å². The van der Waals surface area contributed by atoms with Crippen molar-refractivity contribution in [3.8, 4) is 0 Å². The van der Waals surface area contributed by atoms with Crippen molar-refractivity contribution in [3.05, 3.63) is 21.3 Å². The van der Waals surface area contributed by atoms with Crippen LogP contribution in [0.3, 0.4) is 0 Å². The first-order chi connectivity index (χ1) is 6.77. The van der Waals surface area contributed by atoms with E-state index in [2.05, 4.69) is 5.32 Å². The molecule has 1 amide bonds. The molecule has 0 radical (unpaired) electrons. The highest BCUT2D eigenvalue weighted by Crippen LogP contribution is 2.20. The summed E-state index contributed by atoms with van der Waals surface area (Å²) in [6.45, 7) is 3.33. The van der Waals surface area contributed by atoms with Gasteiger partial charge in [-0.3, -0.25) is 4.79 Å². The smallest absolute Gasteiger partial charge is 0.264 e. The average Bonchev–Trinajstić information content (AvgIpc) is 2.65. The van der Waals surface area contributed by atoms with Crippen molar-refractivity contribution in [2.75, 3.05) is 26.2 Å². The Balaban J connectivity index is 2.07. The van der Waals surface area contributed by atoms with Gasteiger partial charge in [-0.2, -0.15) is 0 Å². The second-order valence-corrected chi connectivity index (χ2v) is 4.52. The summed E-state index contributed by atoms with van der Waals surface area (Å²) >= 11 is 7.18. The molecule has 1 saturated heterocycles. The maximum Gasteiger partial charge on any atom is 0.264 e. The molecule has 0 aromatic carbocycles. The first-order valence-electron chi connectivity index (χ1n) is 4.51. The van der Waals surface area contributed by atoms with E-state index in [1.54, 1.807) is 11.4 Å². The second-order valence-electron chi connectivity index (χ2n) is 3.17. The van der Waals surface area contributed by atoms with E-state index in [-0.39, 0.29) is 5.91 Å². The van der Waals surface area contributed by atoms with Gasteiger partial charge in [0.25, 0.3) is 5.91 Å². The minimum Gasteiger partial charge on any atom is -0.335 e. The number of piperazine rings is 1. The molecule has 14 heavy (non-hydrogen) atoms. The molecule has 76 valence electrons. The maximum absolute atomic E-state index is 11.9. The third kappa shape index (κ3) is 2.08. The zero-order valence-corrected chi connectivity index (χ0v) is 9.20. The molecule has 1 aromatic rings.